The van der Waals surface area contributed by atoms with E-state index >= 15 is 0 Å². The van der Waals surface area contributed by atoms with Gasteiger partial charge >= 0.3 is 0 Å². The first-order valence-corrected chi connectivity index (χ1v) is 10.5. The van der Waals surface area contributed by atoms with Crippen LogP contribution in [0.15, 0.2) is 42.5 Å². The van der Waals surface area contributed by atoms with Crippen molar-refractivity contribution in [2.24, 2.45) is 0 Å². The fourth-order valence-corrected chi connectivity index (χ4v) is 4.30. The fourth-order valence-electron chi connectivity index (χ4n) is 2.92. The first-order valence-electron chi connectivity index (χ1n) is 8.26. The van der Waals surface area contributed by atoms with E-state index in [0.717, 1.165) is 17.4 Å². The van der Waals surface area contributed by atoms with E-state index in [1.54, 1.807) is 43.3 Å². The summed E-state index contributed by atoms with van der Waals surface area (Å²) in [5.74, 6) is -0.426. The molecule has 2 aromatic carbocycles. The topological polar surface area (TPSA) is 66.5 Å². The number of para-hydroxylation sites is 1. The molecular formula is C19H23ClN2O3S. The third kappa shape index (κ3) is 4.77. The van der Waals surface area contributed by atoms with Crippen LogP contribution in [0.2, 0.25) is 5.02 Å². The number of nitrogens with one attached hydrogen (secondary N) is 1. The molecule has 26 heavy (non-hydrogen) atoms. The Hall–Kier alpha value is -2.05. The Kier molecular flexibility index (Phi) is 6.31. The van der Waals surface area contributed by atoms with Gasteiger partial charge in [0.25, 0.3) is 0 Å². The fraction of sp³-hybridized carbons (Fsp3) is 0.316. The van der Waals surface area contributed by atoms with Gasteiger partial charge in [-0.15, -0.1) is 0 Å². The van der Waals surface area contributed by atoms with Crippen LogP contribution >= 0.6 is 11.6 Å². The largest absolute Gasteiger partial charge is 0.323 e. The Bertz CT molecular complexity index is 893. The molecule has 0 bridgehead atoms. The maximum atomic E-state index is 12.9. The molecule has 2 rings (SSSR count). The number of amides is 1. The molecule has 0 radical (unpaired) electrons. The van der Waals surface area contributed by atoms with Gasteiger partial charge in [0.15, 0.2) is 0 Å². The second kappa shape index (κ2) is 8.10. The van der Waals surface area contributed by atoms with Gasteiger partial charge in [-0.1, -0.05) is 36.7 Å². The van der Waals surface area contributed by atoms with Crippen LogP contribution in [-0.2, 0) is 14.8 Å². The summed E-state index contributed by atoms with van der Waals surface area (Å²) in [7, 11) is -3.67. The molecule has 0 saturated heterocycles. The molecule has 1 amide bonds. The molecule has 0 spiro atoms. The van der Waals surface area contributed by atoms with Gasteiger partial charge in [-0.25, -0.2) is 8.42 Å². The summed E-state index contributed by atoms with van der Waals surface area (Å²) < 4.78 is 26.2. The number of halogens is 1. The van der Waals surface area contributed by atoms with Crippen molar-refractivity contribution < 1.29 is 13.2 Å². The van der Waals surface area contributed by atoms with E-state index in [0.29, 0.717) is 22.8 Å². The summed E-state index contributed by atoms with van der Waals surface area (Å²) in [5.41, 5.74) is 2.78. The van der Waals surface area contributed by atoms with Gasteiger partial charge in [0.2, 0.25) is 15.9 Å². The number of hydrogen-bond acceptors (Lipinski definition) is 3. The molecule has 0 saturated carbocycles. The van der Waals surface area contributed by atoms with E-state index in [2.05, 4.69) is 5.32 Å². The highest BCUT2D eigenvalue weighted by Gasteiger charge is 2.32. The lowest BCUT2D eigenvalue weighted by Crippen LogP contribution is -2.47. The van der Waals surface area contributed by atoms with Crippen LogP contribution in [0, 0.1) is 13.8 Å². The van der Waals surface area contributed by atoms with Crippen LogP contribution in [0.1, 0.15) is 24.5 Å². The maximum Gasteiger partial charge on any atom is 0.248 e. The molecule has 1 N–H and O–H groups in total. The second-order valence-electron chi connectivity index (χ2n) is 6.30. The van der Waals surface area contributed by atoms with Crippen molar-refractivity contribution in [3.63, 3.8) is 0 Å². The van der Waals surface area contributed by atoms with E-state index in [1.807, 2.05) is 19.9 Å². The highest BCUT2D eigenvalue weighted by molar-refractivity contribution is 7.92. The molecule has 0 aromatic heterocycles. The summed E-state index contributed by atoms with van der Waals surface area (Å²) in [6.07, 6.45) is 1.42. The van der Waals surface area contributed by atoms with Crippen molar-refractivity contribution in [2.75, 3.05) is 15.9 Å². The van der Waals surface area contributed by atoms with Crippen molar-refractivity contribution in [2.45, 2.75) is 33.2 Å². The van der Waals surface area contributed by atoms with Crippen molar-refractivity contribution in [3.8, 4) is 0 Å². The molecule has 140 valence electrons. The first kappa shape index (κ1) is 20.3. The van der Waals surface area contributed by atoms with Gasteiger partial charge in [-0.05, 0) is 55.7 Å². The number of aryl methyl sites for hydroxylation is 2. The highest BCUT2D eigenvalue weighted by Crippen LogP contribution is 2.27. The lowest BCUT2D eigenvalue weighted by Gasteiger charge is -2.30. The number of hydrogen-bond donors (Lipinski definition) is 1. The predicted molar refractivity (Wildman–Crippen MR) is 107 cm³/mol. The minimum atomic E-state index is -3.67. The zero-order chi connectivity index (χ0) is 19.5. The van der Waals surface area contributed by atoms with Gasteiger partial charge in [0.1, 0.15) is 6.04 Å². The molecule has 5 nitrogen and oxygen atoms in total. The van der Waals surface area contributed by atoms with Crippen LogP contribution in [0.25, 0.3) is 0 Å². The lowest BCUT2D eigenvalue weighted by molar-refractivity contribution is -0.117. The Labute approximate surface area is 160 Å². The molecule has 0 heterocycles. The summed E-state index contributed by atoms with van der Waals surface area (Å²) in [6.45, 7) is 5.56. The maximum absolute atomic E-state index is 12.9. The molecule has 7 heteroatoms. The van der Waals surface area contributed by atoms with Crippen molar-refractivity contribution >= 4 is 38.9 Å². The predicted octanol–water partition coefficient (Wildman–Crippen LogP) is 4.14. The minimum Gasteiger partial charge on any atom is -0.323 e. The van der Waals surface area contributed by atoms with E-state index < -0.39 is 22.0 Å². The van der Waals surface area contributed by atoms with Crippen molar-refractivity contribution in [1.82, 2.24) is 0 Å². The summed E-state index contributed by atoms with van der Waals surface area (Å²) in [5, 5.41) is 3.13. The monoisotopic (exact) mass is 394 g/mol. The Morgan fingerprint density at radius 2 is 1.73 bits per heavy atom. The van der Waals surface area contributed by atoms with Crippen LogP contribution < -0.4 is 9.62 Å². The van der Waals surface area contributed by atoms with Crippen molar-refractivity contribution in [1.29, 1.82) is 0 Å². The normalized spacial score (nSPS) is 12.5. The minimum absolute atomic E-state index is 0.316. The zero-order valence-electron chi connectivity index (χ0n) is 15.3. The van der Waals surface area contributed by atoms with Crippen LogP contribution in [0.4, 0.5) is 11.4 Å². The summed E-state index contributed by atoms with van der Waals surface area (Å²) >= 11 is 6.10. The third-order valence-electron chi connectivity index (χ3n) is 3.92. The molecule has 0 aliphatic heterocycles. The van der Waals surface area contributed by atoms with Crippen LogP contribution in [0.3, 0.4) is 0 Å². The van der Waals surface area contributed by atoms with Crippen LogP contribution in [-0.4, -0.2) is 26.6 Å². The molecule has 0 fully saturated rings. The second-order valence-corrected chi connectivity index (χ2v) is 8.56. The van der Waals surface area contributed by atoms with E-state index in [1.165, 1.54) is 4.31 Å². The average Bonchev–Trinajstić information content (AvgIpc) is 2.52. The quantitative estimate of drug-likeness (QED) is 0.800. The smallest absolute Gasteiger partial charge is 0.248 e. The molecule has 0 aliphatic carbocycles. The van der Waals surface area contributed by atoms with Crippen LogP contribution in [0.5, 0.6) is 0 Å². The number of carbonyl (C=O) groups excluding carboxylic acids is 1. The summed E-state index contributed by atoms with van der Waals surface area (Å²) in [4.78, 5) is 12.9. The Morgan fingerprint density at radius 1 is 1.15 bits per heavy atom. The lowest BCUT2D eigenvalue weighted by atomic mass is 10.1. The Balaban J connectivity index is 2.44. The van der Waals surface area contributed by atoms with Gasteiger partial charge in [0.05, 0.1) is 22.7 Å². The van der Waals surface area contributed by atoms with Gasteiger partial charge in [0, 0.05) is 0 Å². The van der Waals surface area contributed by atoms with E-state index in [4.69, 9.17) is 11.6 Å². The first-order chi connectivity index (χ1) is 12.1. The molecule has 0 aliphatic rings. The number of rotatable bonds is 6. The molecule has 0 unspecified atom stereocenters. The third-order valence-corrected chi connectivity index (χ3v) is 5.43. The summed E-state index contributed by atoms with van der Waals surface area (Å²) in [6, 6.07) is 11.4. The van der Waals surface area contributed by atoms with Crippen molar-refractivity contribution in [3.05, 3.63) is 58.6 Å². The van der Waals surface area contributed by atoms with Gasteiger partial charge < -0.3 is 5.32 Å². The van der Waals surface area contributed by atoms with E-state index in [-0.39, 0.29) is 0 Å². The standard InChI is InChI=1S/C19H23ClN2O3S/c1-5-18(19(23)21-17-9-7-6-8-16(17)20)22(26(4,24)25)15-11-13(2)10-14(3)12-15/h6-12,18H,5H2,1-4H3,(H,21,23)/t18-/m1/s1. The SMILES string of the molecule is CC[C@H](C(=O)Nc1ccccc1Cl)N(c1cc(C)cc(C)c1)S(C)(=O)=O. The van der Waals surface area contributed by atoms with E-state index in [9.17, 15) is 13.2 Å². The van der Waals surface area contributed by atoms with Gasteiger partial charge in [-0.2, -0.15) is 0 Å². The Morgan fingerprint density at radius 3 is 2.23 bits per heavy atom. The molecule has 2 aromatic rings. The molecular weight excluding hydrogens is 372 g/mol. The zero-order valence-corrected chi connectivity index (χ0v) is 16.9. The molecule has 1 atom stereocenters. The number of nitrogens with zero attached hydrogens (tertiary/aromatic N) is 1. The number of carbonyl (C=O) groups is 1. The van der Waals surface area contributed by atoms with Gasteiger partial charge in [-0.3, -0.25) is 9.10 Å². The number of anilines is 2. The average molecular weight is 395 g/mol. The highest BCUT2D eigenvalue weighted by atomic mass is 35.5. The number of benzene rings is 2. The number of sulfonamides is 1.